The van der Waals surface area contributed by atoms with Gasteiger partial charge < -0.3 is 15.5 Å². The minimum atomic E-state index is -0.0332. The quantitative estimate of drug-likeness (QED) is 0.772. The summed E-state index contributed by atoms with van der Waals surface area (Å²) in [6.07, 6.45) is 2.20. The first-order chi connectivity index (χ1) is 12.5. The highest BCUT2D eigenvalue weighted by atomic mass is 16.2. The van der Waals surface area contributed by atoms with Crippen molar-refractivity contribution in [2.24, 2.45) is 0 Å². The minimum absolute atomic E-state index is 0.0332. The van der Waals surface area contributed by atoms with Crippen molar-refractivity contribution in [3.8, 4) is 6.07 Å². The van der Waals surface area contributed by atoms with Gasteiger partial charge >= 0.3 is 0 Å². The maximum Gasteiger partial charge on any atom is 0.223 e. The summed E-state index contributed by atoms with van der Waals surface area (Å²) in [7, 11) is 3.60. The molecule has 1 amide bonds. The zero-order chi connectivity index (χ0) is 19.1. The molecule has 0 saturated heterocycles. The van der Waals surface area contributed by atoms with Crippen LogP contribution < -0.4 is 15.5 Å². The van der Waals surface area contributed by atoms with E-state index in [0.717, 1.165) is 28.2 Å². The monoisotopic (exact) mass is 348 g/mol. The third-order valence-electron chi connectivity index (χ3n) is 4.27. The number of rotatable bonds is 6. The Bertz CT molecular complexity index is 850. The molecule has 26 heavy (non-hydrogen) atoms. The van der Waals surface area contributed by atoms with E-state index in [0.29, 0.717) is 12.0 Å². The van der Waals surface area contributed by atoms with Crippen LogP contribution in [-0.2, 0) is 11.2 Å². The van der Waals surface area contributed by atoms with Gasteiger partial charge in [-0.3, -0.25) is 4.79 Å². The van der Waals surface area contributed by atoms with Gasteiger partial charge in [0.25, 0.3) is 0 Å². The van der Waals surface area contributed by atoms with Gasteiger partial charge in [0.2, 0.25) is 5.91 Å². The van der Waals surface area contributed by atoms with Gasteiger partial charge in [0, 0.05) is 56.3 Å². The molecule has 2 aromatic carbocycles. The fourth-order valence-corrected chi connectivity index (χ4v) is 2.68. The Hall–Kier alpha value is -3.26. The Labute approximate surface area is 154 Å². The van der Waals surface area contributed by atoms with Crippen LogP contribution >= 0.6 is 0 Å². The number of carbonyl (C=O) groups is 1. The van der Waals surface area contributed by atoms with E-state index in [4.69, 9.17) is 0 Å². The summed E-state index contributed by atoms with van der Waals surface area (Å²) in [4.78, 5) is 13.4. The Kier molecular flexibility index (Phi) is 6.40. The second kappa shape index (κ2) is 8.72. The summed E-state index contributed by atoms with van der Waals surface area (Å²) in [5.74, 6) is -0.0332. The van der Waals surface area contributed by atoms with Gasteiger partial charge in [0.05, 0.1) is 6.07 Å². The molecule has 0 unspecified atom stereocenters. The van der Waals surface area contributed by atoms with E-state index >= 15 is 0 Å². The number of amides is 1. The van der Waals surface area contributed by atoms with Crippen LogP contribution in [0.4, 0.5) is 17.1 Å². The largest absolute Gasteiger partial charge is 0.388 e. The average molecular weight is 348 g/mol. The molecule has 5 nitrogen and oxygen atoms in total. The van der Waals surface area contributed by atoms with Crippen molar-refractivity contribution in [3.63, 3.8) is 0 Å². The van der Waals surface area contributed by atoms with E-state index < -0.39 is 0 Å². The van der Waals surface area contributed by atoms with Crippen LogP contribution in [0.25, 0.3) is 0 Å². The predicted molar refractivity (Wildman–Crippen MR) is 107 cm³/mol. The topological polar surface area (TPSA) is 68.2 Å². The lowest BCUT2D eigenvalue weighted by molar-refractivity contribution is -0.116. The van der Waals surface area contributed by atoms with Crippen molar-refractivity contribution in [2.45, 2.75) is 20.3 Å². The fourth-order valence-electron chi connectivity index (χ4n) is 2.68. The lowest BCUT2D eigenvalue weighted by Gasteiger charge is -2.21. The molecular formula is C21H24N4O. The number of allylic oxidation sites excluding steroid dienone is 1. The molecule has 0 fully saturated rings. The van der Waals surface area contributed by atoms with Gasteiger partial charge in [-0.05, 0) is 42.3 Å². The third kappa shape index (κ3) is 4.64. The molecule has 134 valence electrons. The lowest BCUT2D eigenvalue weighted by atomic mass is 10.0. The molecule has 5 heteroatoms. The Morgan fingerprint density at radius 2 is 1.96 bits per heavy atom. The first kappa shape index (κ1) is 19.1. The summed E-state index contributed by atoms with van der Waals surface area (Å²) in [5, 5.41) is 15.8. The molecule has 0 aliphatic rings. The number of nitriles is 1. The number of nitrogens with one attached hydrogen (secondary N) is 2. The van der Waals surface area contributed by atoms with E-state index in [9.17, 15) is 10.1 Å². The molecule has 0 aromatic heterocycles. The molecule has 2 N–H and O–H groups in total. The normalized spacial score (nSPS) is 10.8. The van der Waals surface area contributed by atoms with Gasteiger partial charge in [0.15, 0.2) is 0 Å². The van der Waals surface area contributed by atoms with Gasteiger partial charge in [-0.15, -0.1) is 0 Å². The fraction of sp³-hybridized carbons (Fsp3) is 0.238. The number of carbonyl (C=O) groups excluding carboxylic acids is 1. The highest BCUT2D eigenvalue weighted by Crippen LogP contribution is 2.29. The van der Waals surface area contributed by atoms with E-state index in [-0.39, 0.29) is 5.91 Å². The van der Waals surface area contributed by atoms with Gasteiger partial charge in [-0.25, -0.2) is 0 Å². The van der Waals surface area contributed by atoms with Crippen LogP contribution in [0.2, 0.25) is 0 Å². The van der Waals surface area contributed by atoms with Crippen molar-refractivity contribution in [3.05, 3.63) is 65.4 Å². The number of benzene rings is 2. The molecule has 2 rings (SSSR count). The molecule has 0 aliphatic heterocycles. The zero-order valence-electron chi connectivity index (χ0n) is 15.6. The summed E-state index contributed by atoms with van der Waals surface area (Å²) >= 11 is 0. The SMILES string of the molecule is CNc1cc(C/C(C#N)=C/Nc2ccccc2)cc(N(C)C(C)=O)c1C. The van der Waals surface area contributed by atoms with Crippen LogP contribution in [0.15, 0.2) is 54.2 Å². The number of para-hydroxylation sites is 1. The van der Waals surface area contributed by atoms with Crippen LogP contribution in [0, 0.1) is 18.3 Å². The zero-order valence-corrected chi connectivity index (χ0v) is 15.6. The molecule has 2 aromatic rings. The van der Waals surface area contributed by atoms with Gasteiger partial charge in [0.1, 0.15) is 0 Å². The summed E-state index contributed by atoms with van der Waals surface area (Å²) in [6.45, 7) is 3.51. The van der Waals surface area contributed by atoms with Crippen molar-refractivity contribution in [1.82, 2.24) is 0 Å². The summed E-state index contributed by atoms with van der Waals surface area (Å²) in [5.41, 5.74) is 5.28. The highest BCUT2D eigenvalue weighted by Gasteiger charge is 2.14. The average Bonchev–Trinajstić information content (AvgIpc) is 2.66. The van der Waals surface area contributed by atoms with Crippen LogP contribution in [0.1, 0.15) is 18.1 Å². The third-order valence-corrected chi connectivity index (χ3v) is 4.27. The molecular weight excluding hydrogens is 324 g/mol. The van der Waals surface area contributed by atoms with Crippen LogP contribution in [0.3, 0.4) is 0 Å². The molecule has 0 bridgehead atoms. The van der Waals surface area contributed by atoms with Crippen LogP contribution in [-0.4, -0.2) is 20.0 Å². The van der Waals surface area contributed by atoms with Crippen molar-refractivity contribution < 1.29 is 4.79 Å². The van der Waals surface area contributed by atoms with E-state index in [2.05, 4.69) is 16.7 Å². The van der Waals surface area contributed by atoms with E-state index in [1.165, 1.54) is 6.92 Å². The van der Waals surface area contributed by atoms with Gasteiger partial charge in [-0.1, -0.05) is 18.2 Å². The number of anilines is 3. The van der Waals surface area contributed by atoms with Crippen molar-refractivity contribution in [1.29, 1.82) is 5.26 Å². The van der Waals surface area contributed by atoms with Crippen molar-refractivity contribution >= 4 is 23.0 Å². The summed E-state index contributed by atoms with van der Waals surface area (Å²) in [6, 6.07) is 15.9. The summed E-state index contributed by atoms with van der Waals surface area (Å²) < 4.78 is 0. The lowest BCUT2D eigenvalue weighted by Crippen LogP contribution is -2.24. The number of nitrogens with zero attached hydrogens (tertiary/aromatic N) is 2. The first-order valence-corrected chi connectivity index (χ1v) is 8.42. The Morgan fingerprint density at radius 1 is 1.27 bits per heavy atom. The molecule has 0 heterocycles. The van der Waals surface area contributed by atoms with Gasteiger partial charge in [-0.2, -0.15) is 5.26 Å². The second-order valence-corrected chi connectivity index (χ2v) is 6.08. The number of hydrogen-bond donors (Lipinski definition) is 2. The minimum Gasteiger partial charge on any atom is -0.388 e. The predicted octanol–water partition coefficient (Wildman–Crippen LogP) is 4.08. The Morgan fingerprint density at radius 3 is 2.54 bits per heavy atom. The maximum atomic E-state index is 11.8. The smallest absolute Gasteiger partial charge is 0.223 e. The Balaban J connectivity index is 2.30. The molecule has 0 aliphatic carbocycles. The maximum absolute atomic E-state index is 11.8. The molecule has 0 spiro atoms. The molecule has 0 atom stereocenters. The van der Waals surface area contributed by atoms with E-state index in [1.54, 1.807) is 18.1 Å². The second-order valence-electron chi connectivity index (χ2n) is 6.08. The van der Waals surface area contributed by atoms with Crippen LogP contribution in [0.5, 0.6) is 0 Å². The number of hydrogen-bond acceptors (Lipinski definition) is 4. The van der Waals surface area contributed by atoms with E-state index in [1.807, 2.05) is 56.4 Å². The molecule has 0 radical (unpaired) electrons. The standard InChI is InChI=1S/C21H24N4O/c1-15-20(23-3)11-17(12-21(15)25(4)16(2)26)10-18(13-22)14-24-19-8-6-5-7-9-19/h5-9,11-12,14,23-24H,10H2,1-4H3/b18-14-. The molecule has 0 saturated carbocycles. The van der Waals surface area contributed by atoms with Crippen molar-refractivity contribution in [2.75, 3.05) is 29.6 Å². The highest BCUT2D eigenvalue weighted by molar-refractivity contribution is 5.93. The first-order valence-electron chi connectivity index (χ1n) is 8.42.